The highest BCUT2D eigenvalue weighted by Crippen LogP contribution is 2.18. The van der Waals surface area contributed by atoms with E-state index in [0.717, 1.165) is 50.4 Å². The zero-order valence-corrected chi connectivity index (χ0v) is 21.7. The fourth-order valence-corrected chi connectivity index (χ4v) is 4.22. The van der Waals surface area contributed by atoms with Crippen molar-refractivity contribution in [3.05, 3.63) is 65.5 Å². The molecule has 1 aliphatic heterocycles. The molecule has 33 heavy (non-hydrogen) atoms. The van der Waals surface area contributed by atoms with Gasteiger partial charge in [-0.05, 0) is 49.9 Å². The maximum atomic E-state index is 12.7. The first kappa shape index (κ1) is 25.0. The van der Waals surface area contributed by atoms with Gasteiger partial charge in [0, 0.05) is 32.7 Å². The van der Waals surface area contributed by atoms with Crippen LogP contribution in [0.4, 0.5) is 0 Å². The van der Waals surface area contributed by atoms with Crippen molar-refractivity contribution in [2.75, 3.05) is 26.2 Å². The van der Waals surface area contributed by atoms with Crippen molar-refractivity contribution < 1.29 is 4.79 Å². The Labute approximate surface area is 212 Å². The quantitative estimate of drug-likeness (QED) is 0.201. The van der Waals surface area contributed by atoms with E-state index in [1.54, 1.807) is 0 Å². The molecule has 2 N–H and O–H groups in total. The standard InChI is InChI=1S/C25H32N6O.HI/c1-3-26-25(27-14-8-15-31-19(2)29-22-11-6-7-12-23(22)31)28-17-24(32)30-16-13-20-9-4-5-10-21(20)18-30;/h4-7,9-12H,3,8,13-18H2,1-2H3,(H2,26,27,28);1H. The van der Waals surface area contributed by atoms with Gasteiger partial charge in [0.2, 0.25) is 5.91 Å². The molecule has 0 bridgehead atoms. The predicted molar refractivity (Wildman–Crippen MR) is 144 cm³/mol. The van der Waals surface area contributed by atoms with Crippen molar-refractivity contribution in [3.63, 3.8) is 0 Å². The number of aromatic nitrogens is 2. The molecular weight excluding hydrogens is 527 g/mol. The van der Waals surface area contributed by atoms with Gasteiger partial charge in [0.15, 0.2) is 5.96 Å². The van der Waals surface area contributed by atoms with Crippen LogP contribution < -0.4 is 10.6 Å². The van der Waals surface area contributed by atoms with Crippen molar-refractivity contribution in [1.29, 1.82) is 0 Å². The smallest absolute Gasteiger partial charge is 0.244 e. The number of aryl methyl sites for hydroxylation is 2. The third-order valence-corrected chi connectivity index (χ3v) is 5.90. The molecule has 8 heteroatoms. The van der Waals surface area contributed by atoms with Crippen molar-refractivity contribution in [2.24, 2.45) is 4.99 Å². The lowest BCUT2D eigenvalue weighted by atomic mass is 10.00. The first-order chi connectivity index (χ1) is 15.7. The highest BCUT2D eigenvalue weighted by Gasteiger charge is 2.20. The van der Waals surface area contributed by atoms with Crippen LogP contribution in [0, 0.1) is 6.92 Å². The van der Waals surface area contributed by atoms with E-state index >= 15 is 0 Å². The van der Waals surface area contributed by atoms with Crippen LogP contribution in [-0.4, -0.2) is 52.5 Å². The lowest BCUT2D eigenvalue weighted by Crippen LogP contribution is -2.41. The third kappa shape index (κ3) is 6.25. The van der Waals surface area contributed by atoms with Crippen molar-refractivity contribution in [3.8, 4) is 0 Å². The second kappa shape index (κ2) is 12.0. The van der Waals surface area contributed by atoms with E-state index in [2.05, 4.69) is 49.4 Å². The molecule has 1 aliphatic rings. The first-order valence-corrected chi connectivity index (χ1v) is 11.4. The zero-order valence-electron chi connectivity index (χ0n) is 19.4. The van der Waals surface area contributed by atoms with Crippen molar-refractivity contribution >= 4 is 46.9 Å². The molecule has 176 valence electrons. The highest BCUT2D eigenvalue weighted by molar-refractivity contribution is 14.0. The van der Waals surface area contributed by atoms with E-state index in [4.69, 9.17) is 0 Å². The number of guanidine groups is 1. The van der Waals surface area contributed by atoms with Gasteiger partial charge in [0.1, 0.15) is 12.4 Å². The molecule has 0 fully saturated rings. The number of para-hydroxylation sites is 2. The SMILES string of the molecule is CCNC(=NCC(=O)N1CCc2ccccc2C1)NCCCn1c(C)nc2ccccc21.I. The van der Waals surface area contributed by atoms with Crippen LogP contribution in [0.3, 0.4) is 0 Å². The number of carbonyl (C=O) groups excluding carboxylic acids is 1. The molecule has 0 spiro atoms. The number of aliphatic imine (C=N–C) groups is 1. The van der Waals surface area contributed by atoms with Gasteiger partial charge in [0.05, 0.1) is 11.0 Å². The van der Waals surface area contributed by atoms with Crippen molar-refractivity contribution in [1.82, 2.24) is 25.1 Å². The van der Waals surface area contributed by atoms with Crippen LogP contribution in [0.25, 0.3) is 11.0 Å². The van der Waals surface area contributed by atoms with E-state index in [1.807, 2.05) is 43.0 Å². The van der Waals surface area contributed by atoms with Gasteiger partial charge in [-0.3, -0.25) is 4.79 Å². The molecule has 2 aromatic carbocycles. The molecule has 1 amide bonds. The Morgan fingerprint density at radius 3 is 2.67 bits per heavy atom. The van der Waals surface area contributed by atoms with Gasteiger partial charge in [-0.1, -0.05) is 36.4 Å². The summed E-state index contributed by atoms with van der Waals surface area (Å²) in [4.78, 5) is 23.8. The minimum atomic E-state index is 0. The van der Waals surface area contributed by atoms with Crippen LogP contribution >= 0.6 is 24.0 Å². The van der Waals surface area contributed by atoms with Gasteiger partial charge in [-0.25, -0.2) is 9.98 Å². The maximum Gasteiger partial charge on any atom is 0.244 e. The molecule has 0 saturated carbocycles. The number of nitrogens with zero attached hydrogens (tertiary/aromatic N) is 4. The minimum Gasteiger partial charge on any atom is -0.357 e. The molecule has 0 saturated heterocycles. The summed E-state index contributed by atoms with van der Waals surface area (Å²) in [6, 6.07) is 16.6. The van der Waals surface area contributed by atoms with Crippen LogP contribution in [0.15, 0.2) is 53.5 Å². The normalized spacial score (nSPS) is 13.4. The molecule has 7 nitrogen and oxygen atoms in total. The number of rotatable bonds is 7. The second-order valence-corrected chi connectivity index (χ2v) is 8.11. The summed E-state index contributed by atoms with van der Waals surface area (Å²) >= 11 is 0. The van der Waals surface area contributed by atoms with Gasteiger partial charge in [-0.15, -0.1) is 24.0 Å². The third-order valence-electron chi connectivity index (χ3n) is 5.90. The van der Waals surface area contributed by atoms with Gasteiger partial charge < -0.3 is 20.1 Å². The number of amides is 1. The maximum absolute atomic E-state index is 12.7. The van der Waals surface area contributed by atoms with Gasteiger partial charge in [0.25, 0.3) is 0 Å². The number of hydrogen-bond acceptors (Lipinski definition) is 3. The molecular formula is C25H33IN6O. The Kier molecular flexibility index (Phi) is 9.11. The number of hydrogen-bond donors (Lipinski definition) is 2. The Morgan fingerprint density at radius 2 is 1.85 bits per heavy atom. The molecule has 0 atom stereocenters. The zero-order chi connectivity index (χ0) is 22.3. The van der Waals surface area contributed by atoms with Crippen LogP contribution in [0.5, 0.6) is 0 Å². The Hall–Kier alpha value is -2.62. The van der Waals surface area contributed by atoms with Crippen molar-refractivity contribution in [2.45, 2.75) is 39.8 Å². The molecule has 4 rings (SSSR count). The summed E-state index contributed by atoms with van der Waals surface area (Å²) in [5.74, 6) is 1.78. The van der Waals surface area contributed by atoms with E-state index in [-0.39, 0.29) is 36.4 Å². The number of carbonyl (C=O) groups is 1. The lowest BCUT2D eigenvalue weighted by molar-refractivity contribution is -0.130. The number of halogens is 1. The molecule has 0 unspecified atom stereocenters. The molecule has 1 aromatic heterocycles. The van der Waals surface area contributed by atoms with E-state index < -0.39 is 0 Å². The minimum absolute atomic E-state index is 0. The number of nitrogens with one attached hydrogen (secondary N) is 2. The van der Waals surface area contributed by atoms with Crippen LogP contribution in [0.2, 0.25) is 0 Å². The highest BCUT2D eigenvalue weighted by atomic mass is 127. The Balaban J connectivity index is 0.00000306. The summed E-state index contributed by atoms with van der Waals surface area (Å²) in [5, 5.41) is 6.60. The first-order valence-electron chi connectivity index (χ1n) is 11.4. The average molecular weight is 560 g/mol. The molecule has 0 radical (unpaired) electrons. The number of imidazole rings is 1. The summed E-state index contributed by atoms with van der Waals surface area (Å²) in [6.45, 7) is 8.06. The fourth-order valence-electron chi connectivity index (χ4n) is 4.22. The largest absolute Gasteiger partial charge is 0.357 e. The summed E-state index contributed by atoms with van der Waals surface area (Å²) in [5.41, 5.74) is 4.78. The molecule has 3 aromatic rings. The van der Waals surface area contributed by atoms with E-state index in [0.29, 0.717) is 12.5 Å². The Bertz CT molecular complexity index is 1110. The number of benzene rings is 2. The topological polar surface area (TPSA) is 74.6 Å². The Morgan fingerprint density at radius 1 is 1.09 bits per heavy atom. The summed E-state index contributed by atoms with van der Waals surface area (Å²) in [7, 11) is 0. The lowest BCUT2D eigenvalue weighted by Gasteiger charge is -2.28. The van der Waals surface area contributed by atoms with E-state index in [9.17, 15) is 4.79 Å². The molecule has 0 aliphatic carbocycles. The average Bonchev–Trinajstić information content (AvgIpc) is 3.14. The summed E-state index contributed by atoms with van der Waals surface area (Å²) in [6.07, 6.45) is 1.84. The van der Waals surface area contributed by atoms with Gasteiger partial charge >= 0.3 is 0 Å². The molecule has 2 heterocycles. The monoisotopic (exact) mass is 560 g/mol. The van der Waals surface area contributed by atoms with Crippen LogP contribution in [-0.2, 0) is 24.3 Å². The number of fused-ring (bicyclic) bond motifs is 2. The second-order valence-electron chi connectivity index (χ2n) is 8.11. The van der Waals surface area contributed by atoms with E-state index in [1.165, 1.54) is 16.6 Å². The predicted octanol–water partition coefficient (Wildman–Crippen LogP) is 3.49. The summed E-state index contributed by atoms with van der Waals surface area (Å²) < 4.78 is 2.25. The fraction of sp³-hybridized carbons (Fsp3) is 0.400. The van der Waals surface area contributed by atoms with Crippen LogP contribution in [0.1, 0.15) is 30.3 Å². The van der Waals surface area contributed by atoms with Gasteiger partial charge in [-0.2, -0.15) is 0 Å².